The lowest BCUT2D eigenvalue weighted by Gasteiger charge is -2.12. The lowest BCUT2D eigenvalue weighted by Crippen LogP contribution is -2.20. The first-order valence-corrected chi connectivity index (χ1v) is 4.05. The van der Waals surface area contributed by atoms with E-state index in [-0.39, 0.29) is 17.0 Å². The summed E-state index contributed by atoms with van der Waals surface area (Å²) in [6, 6.07) is 0. The molecule has 1 aliphatic rings. The molecule has 0 saturated carbocycles. The van der Waals surface area contributed by atoms with E-state index in [1.54, 1.807) is 0 Å². The number of rotatable bonds is 2. The molecular weight excluding hydrogens is 190 g/mol. The summed E-state index contributed by atoms with van der Waals surface area (Å²) in [6.07, 6.45) is 2.73. The molecule has 1 fully saturated rings. The minimum Gasteiger partial charge on any atom is -0.303 e. The molecule has 0 radical (unpaired) electrons. The van der Waals surface area contributed by atoms with Gasteiger partial charge in [-0.1, -0.05) is 13.8 Å². The van der Waals surface area contributed by atoms with Crippen LogP contribution in [-0.2, 0) is 0 Å². The second-order valence-corrected chi connectivity index (χ2v) is 3.19. The van der Waals surface area contributed by atoms with Gasteiger partial charge in [0.1, 0.15) is 0 Å². The summed E-state index contributed by atoms with van der Waals surface area (Å²) in [5.41, 5.74) is 0. The number of hydrogen-bond acceptors (Lipinski definition) is 1. The molecule has 0 aromatic heterocycles. The van der Waals surface area contributed by atoms with Crippen LogP contribution in [-0.4, -0.2) is 24.5 Å². The van der Waals surface area contributed by atoms with E-state index >= 15 is 0 Å². The summed E-state index contributed by atoms with van der Waals surface area (Å²) in [6.45, 7) is 8.59. The first kappa shape index (κ1) is 10.4. The highest BCUT2D eigenvalue weighted by Crippen LogP contribution is 2.14. The van der Waals surface area contributed by atoms with Crippen LogP contribution in [0.15, 0.2) is 0 Å². The molecule has 62 valence electrons. The van der Waals surface area contributed by atoms with Gasteiger partial charge in [0.15, 0.2) is 0 Å². The van der Waals surface area contributed by atoms with Crippen molar-refractivity contribution in [2.75, 3.05) is 19.6 Å². The maximum atomic E-state index is 2.56. The van der Waals surface area contributed by atoms with Crippen LogP contribution in [0.2, 0.25) is 0 Å². The van der Waals surface area contributed by atoms with Crippen LogP contribution in [0.25, 0.3) is 0 Å². The first-order chi connectivity index (χ1) is 4.33. The molecule has 0 spiro atoms. The molecule has 1 aliphatic heterocycles. The third-order valence-electron chi connectivity index (χ3n) is 2.05. The molecule has 1 rings (SSSR count). The van der Waals surface area contributed by atoms with Gasteiger partial charge in [0.2, 0.25) is 0 Å². The molecule has 1 unspecified atom stereocenters. The van der Waals surface area contributed by atoms with E-state index in [1.165, 1.54) is 32.5 Å². The van der Waals surface area contributed by atoms with Crippen molar-refractivity contribution >= 4 is 17.0 Å². The molecule has 1 saturated heterocycles. The normalized spacial score (nSPS) is 26.4. The second kappa shape index (κ2) is 5.14. The zero-order valence-corrected chi connectivity index (χ0v) is 8.68. The Morgan fingerprint density at radius 1 is 1.50 bits per heavy atom. The molecule has 1 nitrogen and oxygen atoms in total. The van der Waals surface area contributed by atoms with Gasteiger partial charge in [0.25, 0.3) is 0 Å². The van der Waals surface area contributed by atoms with Gasteiger partial charge in [-0.3, -0.25) is 0 Å². The molecular formula is C8H18BrN. The summed E-state index contributed by atoms with van der Waals surface area (Å²) in [5.74, 6) is 0.955. The topological polar surface area (TPSA) is 3.24 Å². The molecule has 1 heterocycles. The van der Waals surface area contributed by atoms with Crippen molar-refractivity contribution in [1.29, 1.82) is 0 Å². The minimum absolute atomic E-state index is 0. The van der Waals surface area contributed by atoms with E-state index in [4.69, 9.17) is 0 Å². The second-order valence-electron chi connectivity index (χ2n) is 3.19. The standard InChI is InChI=1S/C8H17N.BrH/c1-3-5-9-6-4-8(2)7-9;/h8H,3-7H2,1-2H3;1H. The number of likely N-dealkylation sites (tertiary alicyclic amines) is 1. The number of halogens is 1. The van der Waals surface area contributed by atoms with Crippen LogP contribution in [0.5, 0.6) is 0 Å². The molecule has 0 amide bonds. The fraction of sp³-hybridized carbons (Fsp3) is 1.00. The SMILES string of the molecule is Br.CCCN1CCC(C)C1. The maximum Gasteiger partial charge on any atom is 0.000749 e. The van der Waals surface area contributed by atoms with Crippen molar-refractivity contribution < 1.29 is 0 Å². The van der Waals surface area contributed by atoms with Gasteiger partial charge in [-0.2, -0.15) is 0 Å². The quantitative estimate of drug-likeness (QED) is 0.673. The van der Waals surface area contributed by atoms with Crippen molar-refractivity contribution in [1.82, 2.24) is 4.90 Å². The Morgan fingerprint density at radius 3 is 2.60 bits per heavy atom. The maximum absolute atomic E-state index is 2.56. The lowest BCUT2D eigenvalue weighted by molar-refractivity contribution is 0.328. The average Bonchev–Trinajstić information content (AvgIpc) is 2.17. The van der Waals surface area contributed by atoms with E-state index in [1.807, 2.05) is 0 Å². The van der Waals surface area contributed by atoms with Crippen LogP contribution in [0.4, 0.5) is 0 Å². The molecule has 10 heavy (non-hydrogen) atoms. The summed E-state index contributed by atoms with van der Waals surface area (Å²) in [7, 11) is 0. The highest BCUT2D eigenvalue weighted by molar-refractivity contribution is 8.93. The van der Waals surface area contributed by atoms with E-state index in [2.05, 4.69) is 18.7 Å². The van der Waals surface area contributed by atoms with Crippen molar-refractivity contribution in [3.8, 4) is 0 Å². The fourth-order valence-corrected chi connectivity index (χ4v) is 1.55. The van der Waals surface area contributed by atoms with E-state index in [0.29, 0.717) is 0 Å². The lowest BCUT2D eigenvalue weighted by atomic mass is 10.2. The van der Waals surface area contributed by atoms with Crippen molar-refractivity contribution in [2.45, 2.75) is 26.7 Å². The zero-order valence-electron chi connectivity index (χ0n) is 6.97. The van der Waals surface area contributed by atoms with Crippen LogP contribution in [0, 0.1) is 5.92 Å². The van der Waals surface area contributed by atoms with E-state index < -0.39 is 0 Å². The van der Waals surface area contributed by atoms with Crippen LogP contribution >= 0.6 is 17.0 Å². The Morgan fingerprint density at radius 2 is 2.20 bits per heavy atom. The van der Waals surface area contributed by atoms with Gasteiger partial charge >= 0.3 is 0 Å². The molecule has 2 heteroatoms. The van der Waals surface area contributed by atoms with Crippen molar-refractivity contribution in [3.05, 3.63) is 0 Å². The fourth-order valence-electron chi connectivity index (χ4n) is 1.55. The van der Waals surface area contributed by atoms with Gasteiger partial charge in [0.05, 0.1) is 0 Å². The Hall–Kier alpha value is 0.440. The molecule has 0 aromatic rings. The molecule has 0 aromatic carbocycles. The highest BCUT2D eigenvalue weighted by Gasteiger charge is 2.16. The van der Waals surface area contributed by atoms with Crippen LogP contribution < -0.4 is 0 Å². The van der Waals surface area contributed by atoms with Crippen molar-refractivity contribution in [3.63, 3.8) is 0 Å². The third-order valence-corrected chi connectivity index (χ3v) is 2.05. The first-order valence-electron chi connectivity index (χ1n) is 4.05. The average molecular weight is 208 g/mol. The van der Waals surface area contributed by atoms with Gasteiger partial charge in [0, 0.05) is 6.54 Å². The monoisotopic (exact) mass is 207 g/mol. The Bertz CT molecular complexity index is 83.3. The molecule has 1 atom stereocenters. The highest BCUT2D eigenvalue weighted by atomic mass is 79.9. The van der Waals surface area contributed by atoms with Crippen molar-refractivity contribution in [2.24, 2.45) is 5.92 Å². The van der Waals surface area contributed by atoms with Crippen LogP contribution in [0.1, 0.15) is 26.7 Å². The Balaban J connectivity index is 0.000000810. The van der Waals surface area contributed by atoms with E-state index in [9.17, 15) is 0 Å². The van der Waals surface area contributed by atoms with Gasteiger partial charge < -0.3 is 4.90 Å². The summed E-state index contributed by atoms with van der Waals surface area (Å²) in [4.78, 5) is 2.56. The summed E-state index contributed by atoms with van der Waals surface area (Å²) < 4.78 is 0. The third kappa shape index (κ3) is 3.02. The molecule has 0 aliphatic carbocycles. The molecule has 0 N–H and O–H groups in total. The summed E-state index contributed by atoms with van der Waals surface area (Å²) >= 11 is 0. The number of nitrogens with zero attached hydrogens (tertiary/aromatic N) is 1. The Kier molecular flexibility index (Phi) is 5.36. The Labute approximate surface area is 74.6 Å². The van der Waals surface area contributed by atoms with Gasteiger partial charge in [-0.05, 0) is 31.8 Å². The number of hydrogen-bond donors (Lipinski definition) is 0. The summed E-state index contributed by atoms with van der Waals surface area (Å²) in [5, 5.41) is 0. The predicted octanol–water partition coefficient (Wildman–Crippen LogP) is 2.32. The smallest absolute Gasteiger partial charge is 0.000749 e. The predicted molar refractivity (Wildman–Crippen MR) is 50.8 cm³/mol. The minimum atomic E-state index is 0. The molecule has 0 bridgehead atoms. The van der Waals surface area contributed by atoms with Gasteiger partial charge in [-0.25, -0.2) is 0 Å². The zero-order chi connectivity index (χ0) is 6.69. The van der Waals surface area contributed by atoms with E-state index in [0.717, 1.165) is 5.92 Å². The van der Waals surface area contributed by atoms with Crippen LogP contribution in [0.3, 0.4) is 0 Å². The largest absolute Gasteiger partial charge is 0.303 e. The van der Waals surface area contributed by atoms with Gasteiger partial charge in [-0.15, -0.1) is 17.0 Å².